The summed E-state index contributed by atoms with van der Waals surface area (Å²) in [6.07, 6.45) is 28.9. The normalized spacial score (nSPS) is 19.5. The van der Waals surface area contributed by atoms with Gasteiger partial charge in [0, 0.05) is 0 Å². The topological polar surface area (TPSA) is 36.9 Å². The predicted molar refractivity (Wildman–Crippen MR) is 209 cm³/mol. The summed E-state index contributed by atoms with van der Waals surface area (Å²) < 4.78 is 26.8. The van der Waals surface area contributed by atoms with Gasteiger partial charge in [0.15, 0.2) is 0 Å². The Morgan fingerprint density at radius 3 is 0.854 bits per heavy atom. The highest BCUT2D eigenvalue weighted by atomic mass is 16.7. The molecule has 1 aromatic rings. The van der Waals surface area contributed by atoms with Crippen molar-refractivity contribution in [2.75, 3.05) is 0 Å². The molecular formula is C42H76B2O4. The van der Waals surface area contributed by atoms with Gasteiger partial charge in [-0.2, -0.15) is 0 Å². The molecule has 0 bridgehead atoms. The highest BCUT2D eigenvalue weighted by Gasteiger charge is 2.54. The van der Waals surface area contributed by atoms with Crippen LogP contribution in [0.3, 0.4) is 0 Å². The minimum absolute atomic E-state index is 0.355. The molecule has 0 saturated carbocycles. The van der Waals surface area contributed by atoms with E-state index in [1.54, 1.807) is 0 Å². The Labute approximate surface area is 299 Å². The second-order valence-corrected chi connectivity index (χ2v) is 17.3. The van der Waals surface area contributed by atoms with Crippen LogP contribution in [0.1, 0.15) is 209 Å². The standard InChI is InChI=1S/C42H76B2O4/c1-11-13-15-17-19-21-23-25-27-29-31-35-33-38(44-47-41(7,8)42(9,10)48-44)36(32-30-28-26-24-22-20-18-16-14-12-2)34-37(35)43-45-39(3,4)40(5,6)46-43/h33-34H,11-32H2,1-10H3. The molecule has 0 amide bonds. The lowest BCUT2D eigenvalue weighted by Gasteiger charge is -2.32. The van der Waals surface area contributed by atoms with E-state index < -0.39 is 0 Å². The number of hydrogen-bond acceptors (Lipinski definition) is 4. The van der Waals surface area contributed by atoms with E-state index >= 15 is 0 Å². The van der Waals surface area contributed by atoms with E-state index in [0.717, 1.165) is 12.8 Å². The number of benzene rings is 1. The lowest BCUT2D eigenvalue weighted by atomic mass is 9.67. The van der Waals surface area contributed by atoms with Crippen LogP contribution in [0.5, 0.6) is 0 Å². The van der Waals surface area contributed by atoms with Crippen LogP contribution in [-0.4, -0.2) is 36.6 Å². The first-order valence-corrected chi connectivity index (χ1v) is 20.6. The van der Waals surface area contributed by atoms with Crippen LogP contribution in [-0.2, 0) is 31.5 Å². The van der Waals surface area contributed by atoms with Crippen LogP contribution in [0.25, 0.3) is 0 Å². The van der Waals surface area contributed by atoms with Crippen LogP contribution >= 0.6 is 0 Å². The van der Waals surface area contributed by atoms with Crippen molar-refractivity contribution in [2.45, 2.75) is 233 Å². The zero-order chi connectivity index (χ0) is 35.3. The molecular weight excluding hydrogens is 590 g/mol. The van der Waals surface area contributed by atoms with E-state index in [9.17, 15) is 0 Å². The number of hydrogen-bond donors (Lipinski definition) is 0. The molecule has 48 heavy (non-hydrogen) atoms. The van der Waals surface area contributed by atoms with Crippen molar-refractivity contribution < 1.29 is 18.6 Å². The second kappa shape index (κ2) is 19.7. The maximum atomic E-state index is 6.70. The molecule has 0 N–H and O–H groups in total. The molecule has 2 fully saturated rings. The molecule has 0 unspecified atom stereocenters. The molecule has 2 heterocycles. The Balaban J connectivity index is 1.75. The van der Waals surface area contributed by atoms with Crippen LogP contribution in [0.15, 0.2) is 12.1 Å². The van der Waals surface area contributed by atoms with E-state index in [-0.39, 0.29) is 36.6 Å². The van der Waals surface area contributed by atoms with E-state index in [4.69, 9.17) is 18.6 Å². The quantitative estimate of drug-likeness (QED) is 0.0813. The maximum Gasteiger partial charge on any atom is 0.495 e. The number of rotatable bonds is 24. The second-order valence-electron chi connectivity index (χ2n) is 17.3. The number of aryl methyl sites for hydroxylation is 2. The molecule has 0 atom stereocenters. The van der Waals surface area contributed by atoms with Gasteiger partial charge in [-0.3, -0.25) is 0 Å². The van der Waals surface area contributed by atoms with E-state index in [1.807, 2.05) is 0 Å². The van der Waals surface area contributed by atoms with Gasteiger partial charge in [-0.25, -0.2) is 0 Å². The first kappa shape index (κ1) is 41.6. The van der Waals surface area contributed by atoms with Gasteiger partial charge in [0.2, 0.25) is 0 Å². The fourth-order valence-corrected chi connectivity index (χ4v) is 7.15. The molecule has 6 heteroatoms. The van der Waals surface area contributed by atoms with Crippen LogP contribution in [0.2, 0.25) is 0 Å². The molecule has 0 aliphatic carbocycles. The van der Waals surface area contributed by atoms with Gasteiger partial charge < -0.3 is 18.6 Å². The summed E-state index contributed by atoms with van der Waals surface area (Å²) in [5, 5.41) is 0. The van der Waals surface area contributed by atoms with Gasteiger partial charge in [-0.1, -0.05) is 142 Å². The van der Waals surface area contributed by atoms with Gasteiger partial charge in [-0.05, 0) is 103 Å². The largest absolute Gasteiger partial charge is 0.495 e. The zero-order valence-corrected chi connectivity index (χ0v) is 33.5. The molecule has 274 valence electrons. The van der Waals surface area contributed by atoms with Crippen LogP contribution < -0.4 is 10.9 Å². The lowest BCUT2D eigenvalue weighted by Crippen LogP contribution is -2.43. The van der Waals surface area contributed by atoms with E-state index in [1.165, 1.54) is 150 Å². The van der Waals surface area contributed by atoms with E-state index in [2.05, 4.69) is 81.4 Å². The minimum atomic E-state index is -0.368. The van der Waals surface area contributed by atoms with Crippen LogP contribution in [0.4, 0.5) is 0 Å². The minimum Gasteiger partial charge on any atom is -0.399 e. The first-order chi connectivity index (χ1) is 22.7. The SMILES string of the molecule is CCCCCCCCCCCCc1cc(B2OC(C)(C)C(C)(C)O2)c(CCCCCCCCCCCC)cc1B1OC(C)(C)C(C)(C)O1. The van der Waals surface area contributed by atoms with Gasteiger partial charge >= 0.3 is 14.2 Å². The van der Waals surface area contributed by atoms with Crippen molar-refractivity contribution in [2.24, 2.45) is 0 Å². The first-order valence-electron chi connectivity index (χ1n) is 20.6. The average molecular weight is 667 g/mol. The average Bonchev–Trinajstić information content (AvgIpc) is 3.38. The molecule has 2 saturated heterocycles. The Morgan fingerprint density at radius 1 is 0.375 bits per heavy atom. The van der Waals surface area contributed by atoms with Crippen molar-refractivity contribution >= 4 is 25.2 Å². The Bertz CT molecular complexity index is 950. The molecule has 4 nitrogen and oxygen atoms in total. The van der Waals surface area contributed by atoms with Gasteiger partial charge in [0.25, 0.3) is 0 Å². The van der Waals surface area contributed by atoms with Crippen molar-refractivity contribution in [1.82, 2.24) is 0 Å². The molecule has 1 aromatic carbocycles. The Hall–Kier alpha value is -0.810. The van der Waals surface area contributed by atoms with Gasteiger partial charge in [-0.15, -0.1) is 0 Å². The highest BCUT2D eigenvalue weighted by molar-refractivity contribution is 6.65. The maximum absolute atomic E-state index is 6.70. The van der Waals surface area contributed by atoms with Crippen molar-refractivity contribution in [1.29, 1.82) is 0 Å². The summed E-state index contributed by atoms with van der Waals surface area (Å²) in [7, 11) is -0.709. The Morgan fingerprint density at radius 2 is 0.604 bits per heavy atom. The third-order valence-corrected chi connectivity index (χ3v) is 12.0. The third-order valence-electron chi connectivity index (χ3n) is 12.0. The molecule has 3 rings (SSSR count). The Kier molecular flexibility index (Phi) is 17.1. The summed E-state index contributed by atoms with van der Waals surface area (Å²) in [5.41, 5.74) is 3.63. The summed E-state index contributed by atoms with van der Waals surface area (Å²) in [4.78, 5) is 0. The summed E-state index contributed by atoms with van der Waals surface area (Å²) in [6.45, 7) is 21.9. The van der Waals surface area contributed by atoms with E-state index in [0.29, 0.717) is 0 Å². The zero-order valence-electron chi connectivity index (χ0n) is 33.5. The monoisotopic (exact) mass is 667 g/mol. The molecule has 0 aromatic heterocycles. The van der Waals surface area contributed by atoms with Crippen molar-refractivity contribution in [3.63, 3.8) is 0 Å². The lowest BCUT2D eigenvalue weighted by molar-refractivity contribution is 0.00578. The number of unbranched alkanes of at least 4 members (excludes halogenated alkanes) is 18. The summed E-state index contributed by atoms with van der Waals surface area (Å²) in [5.74, 6) is 0. The molecule has 0 spiro atoms. The highest BCUT2D eigenvalue weighted by Crippen LogP contribution is 2.38. The molecule has 2 aliphatic rings. The third kappa shape index (κ3) is 12.2. The van der Waals surface area contributed by atoms with Crippen LogP contribution in [0, 0.1) is 0 Å². The predicted octanol–water partition coefficient (Wildman–Crippen LogP) is 11.2. The fourth-order valence-electron chi connectivity index (χ4n) is 7.15. The van der Waals surface area contributed by atoms with Crippen molar-refractivity contribution in [3.05, 3.63) is 23.3 Å². The summed E-state index contributed by atoms with van der Waals surface area (Å²) in [6, 6.07) is 4.84. The van der Waals surface area contributed by atoms with Gasteiger partial charge in [0.1, 0.15) is 0 Å². The fraction of sp³-hybridized carbons (Fsp3) is 0.857. The molecule has 0 radical (unpaired) electrons. The van der Waals surface area contributed by atoms with Crippen molar-refractivity contribution in [3.8, 4) is 0 Å². The molecule has 2 aliphatic heterocycles. The summed E-state index contributed by atoms with van der Waals surface area (Å²) >= 11 is 0. The van der Waals surface area contributed by atoms with Gasteiger partial charge in [0.05, 0.1) is 22.4 Å². The smallest absolute Gasteiger partial charge is 0.399 e.